The highest BCUT2D eigenvalue weighted by Gasteiger charge is 2.29. The minimum atomic E-state index is -0.0201. The fourth-order valence-electron chi connectivity index (χ4n) is 5.51. The Morgan fingerprint density at radius 3 is 2.31 bits per heavy atom. The SMILES string of the molecule is COc1ccccc1N1CCN(C(=O)c2ccc(/C=C3/Sc4ccccc4N(Cc4cccc(C)c4)C3=O)cc2)CC1. The van der Waals surface area contributed by atoms with Gasteiger partial charge >= 0.3 is 0 Å². The van der Waals surface area contributed by atoms with Crippen molar-refractivity contribution in [1.29, 1.82) is 0 Å². The third-order valence-corrected chi connectivity index (χ3v) is 8.78. The number of rotatable bonds is 6. The number of anilines is 2. The number of nitrogens with zero attached hydrogens (tertiary/aromatic N) is 3. The van der Waals surface area contributed by atoms with Crippen LogP contribution in [0.4, 0.5) is 11.4 Å². The Bertz CT molecular complexity index is 1640. The summed E-state index contributed by atoms with van der Waals surface area (Å²) >= 11 is 1.49. The summed E-state index contributed by atoms with van der Waals surface area (Å²) in [5, 5.41) is 0. The number of methoxy groups -OCH3 is 1. The van der Waals surface area contributed by atoms with Gasteiger partial charge in [-0.25, -0.2) is 0 Å². The van der Waals surface area contributed by atoms with Crippen molar-refractivity contribution in [2.75, 3.05) is 43.1 Å². The number of para-hydroxylation sites is 3. The summed E-state index contributed by atoms with van der Waals surface area (Å²) in [7, 11) is 1.68. The van der Waals surface area contributed by atoms with Gasteiger partial charge in [0.2, 0.25) is 0 Å². The van der Waals surface area contributed by atoms with Crippen LogP contribution in [0.1, 0.15) is 27.0 Å². The van der Waals surface area contributed by atoms with Crippen LogP contribution in [-0.4, -0.2) is 50.0 Å². The third-order valence-electron chi connectivity index (χ3n) is 7.70. The fraction of sp³-hybridized carbons (Fsp3) is 0.200. The van der Waals surface area contributed by atoms with Gasteiger partial charge in [0.25, 0.3) is 11.8 Å². The lowest BCUT2D eigenvalue weighted by molar-refractivity contribution is -0.114. The molecular formula is C35H33N3O3S. The van der Waals surface area contributed by atoms with E-state index in [0.29, 0.717) is 30.1 Å². The lowest BCUT2D eigenvalue weighted by Gasteiger charge is -2.36. The van der Waals surface area contributed by atoms with Gasteiger partial charge in [-0.3, -0.25) is 9.59 Å². The minimum Gasteiger partial charge on any atom is -0.495 e. The lowest BCUT2D eigenvalue weighted by atomic mass is 10.1. The monoisotopic (exact) mass is 575 g/mol. The van der Waals surface area contributed by atoms with Crippen molar-refractivity contribution in [2.24, 2.45) is 0 Å². The lowest BCUT2D eigenvalue weighted by Crippen LogP contribution is -2.48. The molecule has 0 saturated carbocycles. The molecule has 42 heavy (non-hydrogen) atoms. The number of carbonyl (C=O) groups excluding carboxylic acids is 2. The van der Waals surface area contributed by atoms with Crippen molar-refractivity contribution in [3.63, 3.8) is 0 Å². The molecule has 2 amide bonds. The number of ether oxygens (including phenoxy) is 1. The predicted molar refractivity (Wildman–Crippen MR) is 170 cm³/mol. The van der Waals surface area contributed by atoms with Crippen LogP contribution in [0.25, 0.3) is 6.08 Å². The first-order valence-corrected chi connectivity index (χ1v) is 14.9. The van der Waals surface area contributed by atoms with E-state index < -0.39 is 0 Å². The molecule has 0 spiro atoms. The Morgan fingerprint density at radius 1 is 0.857 bits per heavy atom. The number of aryl methyl sites for hydroxylation is 1. The van der Waals surface area contributed by atoms with E-state index in [1.807, 2.05) is 82.6 Å². The van der Waals surface area contributed by atoms with Gasteiger partial charge in [0, 0.05) is 36.6 Å². The van der Waals surface area contributed by atoms with Gasteiger partial charge < -0.3 is 19.4 Å². The summed E-state index contributed by atoms with van der Waals surface area (Å²) in [6.45, 7) is 5.35. The van der Waals surface area contributed by atoms with Gasteiger partial charge in [0.15, 0.2) is 0 Å². The summed E-state index contributed by atoms with van der Waals surface area (Å²) in [5.74, 6) is 0.849. The molecule has 0 aliphatic carbocycles. The summed E-state index contributed by atoms with van der Waals surface area (Å²) in [5.41, 5.74) is 5.78. The van der Waals surface area contributed by atoms with E-state index in [1.54, 1.807) is 7.11 Å². The average molecular weight is 576 g/mol. The van der Waals surface area contributed by atoms with Crippen LogP contribution in [0.5, 0.6) is 5.75 Å². The average Bonchev–Trinajstić information content (AvgIpc) is 3.03. The van der Waals surface area contributed by atoms with Gasteiger partial charge in [-0.05, 0) is 60.5 Å². The Morgan fingerprint density at radius 2 is 1.57 bits per heavy atom. The Labute approximate surface area is 251 Å². The molecule has 2 aliphatic rings. The van der Waals surface area contributed by atoms with Crippen LogP contribution in [0.15, 0.2) is 107 Å². The summed E-state index contributed by atoms with van der Waals surface area (Å²) < 4.78 is 5.52. The van der Waals surface area contributed by atoms with E-state index in [2.05, 4.69) is 42.2 Å². The molecule has 6 nitrogen and oxygen atoms in total. The summed E-state index contributed by atoms with van der Waals surface area (Å²) in [6.07, 6.45) is 1.92. The first-order chi connectivity index (χ1) is 20.5. The molecule has 7 heteroatoms. The first-order valence-electron chi connectivity index (χ1n) is 14.1. The molecule has 0 radical (unpaired) electrons. The molecular weight excluding hydrogens is 542 g/mol. The normalized spacial score (nSPS) is 16.0. The highest BCUT2D eigenvalue weighted by Crippen LogP contribution is 2.42. The van der Waals surface area contributed by atoms with Crippen LogP contribution in [-0.2, 0) is 11.3 Å². The van der Waals surface area contributed by atoms with Gasteiger partial charge in [-0.1, -0.05) is 78.0 Å². The molecule has 6 rings (SSSR count). The number of thioether (sulfide) groups is 1. The van der Waals surface area contributed by atoms with E-state index in [1.165, 1.54) is 17.3 Å². The number of carbonyl (C=O) groups is 2. The Kier molecular flexibility index (Phi) is 8.02. The third kappa shape index (κ3) is 5.78. The quantitative estimate of drug-likeness (QED) is 0.241. The molecule has 4 aromatic carbocycles. The van der Waals surface area contributed by atoms with Gasteiger partial charge in [-0.15, -0.1) is 0 Å². The largest absolute Gasteiger partial charge is 0.495 e. The zero-order chi connectivity index (χ0) is 29.1. The number of benzene rings is 4. The maximum Gasteiger partial charge on any atom is 0.265 e. The van der Waals surface area contributed by atoms with E-state index in [4.69, 9.17) is 4.74 Å². The van der Waals surface area contributed by atoms with Crippen molar-refractivity contribution in [2.45, 2.75) is 18.4 Å². The molecule has 1 saturated heterocycles. The van der Waals surface area contributed by atoms with Gasteiger partial charge in [0.05, 0.1) is 29.9 Å². The Hall–Kier alpha value is -4.49. The van der Waals surface area contributed by atoms with Crippen molar-refractivity contribution in [1.82, 2.24) is 4.90 Å². The second-order valence-electron chi connectivity index (χ2n) is 10.5. The minimum absolute atomic E-state index is 0.0201. The van der Waals surface area contributed by atoms with Crippen LogP contribution in [0.3, 0.4) is 0 Å². The molecule has 2 heterocycles. The molecule has 0 bridgehead atoms. The van der Waals surface area contributed by atoms with Crippen LogP contribution in [0, 0.1) is 6.92 Å². The number of hydrogen-bond donors (Lipinski definition) is 0. The van der Waals surface area contributed by atoms with Crippen LogP contribution < -0.4 is 14.5 Å². The van der Waals surface area contributed by atoms with Crippen molar-refractivity contribution >= 4 is 41.0 Å². The maximum absolute atomic E-state index is 13.7. The number of piperazine rings is 1. The smallest absolute Gasteiger partial charge is 0.265 e. The number of hydrogen-bond acceptors (Lipinski definition) is 5. The summed E-state index contributed by atoms with van der Waals surface area (Å²) in [6, 6.07) is 31.8. The molecule has 0 unspecified atom stereocenters. The number of amides is 2. The van der Waals surface area contributed by atoms with Crippen molar-refractivity contribution in [3.8, 4) is 5.75 Å². The molecule has 0 N–H and O–H groups in total. The van der Waals surface area contributed by atoms with Crippen LogP contribution in [0.2, 0.25) is 0 Å². The zero-order valence-electron chi connectivity index (χ0n) is 23.8. The highest BCUT2D eigenvalue weighted by molar-refractivity contribution is 8.04. The van der Waals surface area contributed by atoms with E-state index in [0.717, 1.165) is 46.2 Å². The first kappa shape index (κ1) is 27.7. The topological polar surface area (TPSA) is 53.1 Å². The Balaban J connectivity index is 1.15. The molecule has 1 fully saturated rings. The zero-order valence-corrected chi connectivity index (χ0v) is 24.6. The van der Waals surface area contributed by atoms with Gasteiger partial charge in [0.1, 0.15) is 5.75 Å². The van der Waals surface area contributed by atoms with Gasteiger partial charge in [-0.2, -0.15) is 0 Å². The van der Waals surface area contributed by atoms with E-state index >= 15 is 0 Å². The predicted octanol–water partition coefficient (Wildman–Crippen LogP) is 6.65. The van der Waals surface area contributed by atoms with E-state index in [9.17, 15) is 9.59 Å². The van der Waals surface area contributed by atoms with Crippen molar-refractivity contribution in [3.05, 3.63) is 124 Å². The molecule has 212 valence electrons. The molecule has 4 aromatic rings. The molecule has 0 atom stereocenters. The van der Waals surface area contributed by atoms with Crippen LogP contribution >= 0.6 is 11.8 Å². The second-order valence-corrected chi connectivity index (χ2v) is 11.6. The molecule has 0 aromatic heterocycles. The van der Waals surface area contributed by atoms with Crippen molar-refractivity contribution < 1.29 is 14.3 Å². The standard InChI is InChI=1S/C35H33N3O3S/c1-25-8-7-9-27(22-25)24-38-30-11-4-6-13-32(30)42-33(35(38)40)23-26-14-16-28(17-15-26)34(39)37-20-18-36(19-21-37)29-10-3-5-12-31(29)41-2/h3-17,22-23H,18-21,24H2,1-2H3/b33-23+. The highest BCUT2D eigenvalue weighted by atomic mass is 32.2. The van der Waals surface area contributed by atoms with E-state index in [-0.39, 0.29) is 11.8 Å². The molecule has 2 aliphatic heterocycles. The second kappa shape index (κ2) is 12.2. The fourth-order valence-corrected chi connectivity index (χ4v) is 6.57. The number of fused-ring (bicyclic) bond motifs is 1. The maximum atomic E-state index is 13.7. The summed E-state index contributed by atoms with van der Waals surface area (Å²) in [4.78, 5) is 34.7.